The second-order valence-corrected chi connectivity index (χ2v) is 3.96. The Morgan fingerprint density at radius 3 is 2.93 bits per heavy atom. The van der Waals surface area contributed by atoms with Gasteiger partial charge in [-0.15, -0.1) is 0 Å². The normalized spacial score (nSPS) is 20.1. The number of carbonyl (C=O) groups is 2. The molecular formula is C11H20N2O2. The van der Waals surface area contributed by atoms with Gasteiger partial charge in [0, 0.05) is 13.0 Å². The summed E-state index contributed by atoms with van der Waals surface area (Å²) in [5.74, 6) is 0.128. The molecule has 86 valence electrons. The number of nitrogens with one attached hydrogen (secondary N) is 2. The van der Waals surface area contributed by atoms with E-state index in [0.717, 1.165) is 51.5 Å². The molecule has 15 heavy (non-hydrogen) atoms. The Morgan fingerprint density at radius 2 is 2.27 bits per heavy atom. The second-order valence-electron chi connectivity index (χ2n) is 3.96. The van der Waals surface area contributed by atoms with E-state index in [1.54, 1.807) is 0 Å². The first-order chi connectivity index (χ1) is 7.34. The third-order valence-electron chi connectivity index (χ3n) is 2.67. The quantitative estimate of drug-likeness (QED) is 0.480. The molecule has 1 saturated heterocycles. The third kappa shape index (κ3) is 4.93. The summed E-state index contributed by atoms with van der Waals surface area (Å²) in [7, 11) is 0. The molecule has 0 aromatic carbocycles. The Kier molecular flexibility index (Phi) is 6.00. The molecule has 0 aliphatic carbocycles. The largest absolute Gasteiger partial charge is 0.355 e. The van der Waals surface area contributed by atoms with Crippen LogP contribution in [0.1, 0.15) is 38.5 Å². The fourth-order valence-electron chi connectivity index (χ4n) is 1.77. The highest BCUT2D eigenvalue weighted by Crippen LogP contribution is 2.04. The SMILES string of the molecule is O=CCCCCCNC(=O)[C@H]1CCCN1. The van der Waals surface area contributed by atoms with E-state index >= 15 is 0 Å². The summed E-state index contributed by atoms with van der Waals surface area (Å²) in [4.78, 5) is 21.5. The molecule has 2 N–H and O–H groups in total. The molecule has 0 saturated carbocycles. The Morgan fingerprint density at radius 1 is 1.40 bits per heavy atom. The predicted octanol–water partition coefficient (Wildman–Crippen LogP) is 0.614. The lowest BCUT2D eigenvalue weighted by Crippen LogP contribution is -2.40. The van der Waals surface area contributed by atoms with Crippen LogP contribution in [0.4, 0.5) is 0 Å². The van der Waals surface area contributed by atoms with Crippen molar-refractivity contribution in [3.05, 3.63) is 0 Å². The molecule has 1 fully saturated rings. The molecule has 1 rings (SSSR count). The van der Waals surface area contributed by atoms with Crippen LogP contribution < -0.4 is 10.6 Å². The molecular weight excluding hydrogens is 192 g/mol. The van der Waals surface area contributed by atoms with Crippen molar-refractivity contribution in [2.75, 3.05) is 13.1 Å². The van der Waals surface area contributed by atoms with Crippen molar-refractivity contribution in [2.24, 2.45) is 0 Å². The van der Waals surface area contributed by atoms with Crippen LogP contribution in [0.3, 0.4) is 0 Å². The molecule has 1 aliphatic rings. The van der Waals surface area contributed by atoms with Crippen LogP contribution in [-0.2, 0) is 9.59 Å². The molecule has 0 aromatic rings. The molecule has 0 bridgehead atoms. The van der Waals surface area contributed by atoms with Crippen molar-refractivity contribution < 1.29 is 9.59 Å². The summed E-state index contributed by atoms with van der Waals surface area (Å²) in [5, 5.41) is 6.07. The highest BCUT2D eigenvalue weighted by Gasteiger charge is 2.20. The Labute approximate surface area is 90.8 Å². The summed E-state index contributed by atoms with van der Waals surface area (Å²) in [6.45, 7) is 1.69. The maximum atomic E-state index is 11.5. The summed E-state index contributed by atoms with van der Waals surface area (Å²) >= 11 is 0. The summed E-state index contributed by atoms with van der Waals surface area (Å²) in [5.41, 5.74) is 0. The molecule has 0 spiro atoms. The number of hydrogen-bond acceptors (Lipinski definition) is 3. The van der Waals surface area contributed by atoms with E-state index in [9.17, 15) is 9.59 Å². The average molecular weight is 212 g/mol. The minimum absolute atomic E-state index is 0.0278. The zero-order valence-corrected chi connectivity index (χ0v) is 9.13. The van der Waals surface area contributed by atoms with Crippen molar-refractivity contribution in [1.82, 2.24) is 10.6 Å². The van der Waals surface area contributed by atoms with Gasteiger partial charge in [-0.25, -0.2) is 0 Å². The third-order valence-corrected chi connectivity index (χ3v) is 2.67. The van der Waals surface area contributed by atoms with Crippen LogP contribution in [0.15, 0.2) is 0 Å². The van der Waals surface area contributed by atoms with Crippen LogP contribution in [-0.4, -0.2) is 31.3 Å². The Hall–Kier alpha value is -0.900. The van der Waals surface area contributed by atoms with Gasteiger partial charge in [-0.2, -0.15) is 0 Å². The van der Waals surface area contributed by atoms with Crippen LogP contribution in [0.2, 0.25) is 0 Å². The van der Waals surface area contributed by atoms with Crippen molar-refractivity contribution in [2.45, 2.75) is 44.6 Å². The van der Waals surface area contributed by atoms with E-state index in [1.165, 1.54) is 0 Å². The zero-order valence-electron chi connectivity index (χ0n) is 9.13. The lowest BCUT2D eigenvalue weighted by molar-refractivity contribution is -0.122. The van der Waals surface area contributed by atoms with Crippen LogP contribution in [0.25, 0.3) is 0 Å². The second kappa shape index (κ2) is 7.40. The first-order valence-corrected chi connectivity index (χ1v) is 5.79. The summed E-state index contributed by atoms with van der Waals surface area (Å²) in [6, 6.07) is 0.0278. The summed E-state index contributed by atoms with van der Waals surface area (Å²) in [6.07, 6.45) is 6.54. The maximum absolute atomic E-state index is 11.5. The Bertz CT molecular complexity index is 201. The van der Waals surface area contributed by atoms with Gasteiger partial charge in [0.05, 0.1) is 6.04 Å². The monoisotopic (exact) mass is 212 g/mol. The van der Waals surface area contributed by atoms with Gasteiger partial charge in [0.25, 0.3) is 0 Å². The van der Waals surface area contributed by atoms with Crippen LogP contribution in [0.5, 0.6) is 0 Å². The molecule has 4 nitrogen and oxygen atoms in total. The van der Waals surface area contributed by atoms with Gasteiger partial charge in [-0.3, -0.25) is 4.79 Å². The number of carbonyl (C=O) groups excluding carboxylic acids is 2. The minimum atomic E-state index is 0.0278. The molecule has 1 atom stereocenters. The first-order valence-electron chi connectivity index (χ1n) is 5.79. The molecule has 0 aromatic heterocycles. The topological polar surface area (TPSA) is 58.2 Å². The minimum Gasteiger partial charge on any atom is -0.355 e. The summed E-state index contributed by atoms with van der Waals surface area (Å²) < 4.78 is 0. The van der Waals surface area contributed by atoms with E-state index in [1.807, 2.05) is 0 Å². The van der Waals surface area contributed by atoms with Crippen molar-refractivity contribution in [3.63, 3.8) is 0 Å². The van der Waals surface area contributed by atoms with Gasteiger partial charge < -0.3 is 15.4 Å². The fourth-order valence-corrected chi connectivity index (χ4v) is 1.77. The van der Waals surface area contributed by atoms with Crippen molar-refractivity contribution >= 4 is 12.2 Å². The van der Waals surface area contributed by atoms with E-state index in [-0.39, 0.29) is 11.9 Å². The highest BCUT2D eigenvalue weighted by atomic mass is 16.2. The molecule has 0 radical (unpaired) electrons. The highest BCUT2D eigenvalue weighted by molar-refractivity contribution is 5.81. The predicted molar refractivity (Wildman–Crippen MR) is 58.6 cm³/mol. The van der Waals surface area contributed by atoms with Gasteiger partial charge >= 0.3 is 0 Å². The van der Waals surface area contributed by atoms with E-state index in [4.69, 9.17) is 0 Å². The van der Waals surface area contributed by atoms with Crippen molar-refractivity contribution in [3.8, 4) is 0 Å². The van der Waals surface area contributed by atoms with Gasteiger partial charge in [-0.05, 0) is 32.2 Å². The smallest absolute Gasteiger partial charge is 0.237 e. The molecule has 1 amide bonds. The lowest BCUT2D eigenvalue weighted by Gasteiger charge is -2.10. The molecule has 0 unspecified atom stereocenters. The van der Waals surface area contributed by atoms with Gasteiger partial charge in [0.15, 0.2) is 0 Å². The Balaban J connectivity index is 1.94. The first kappa shape index (κ1) is 12.2. The fraction of sp³-hybridized carbons (Fsp3) is 0.818. The average Bonchev–Trinajstić information content (AvgIpc) is 2.76. The lowest BCUT2D eigenvalue weighted by atomic mass is 10.2. The van der Waals surface area contributed by atoms with Gasteiger partial charge in [0.2, 0.25) is 5.91 Å². The molecule has 4 heteroatoms. The van der Waals surface area contributed by atoms with Gasteiger partial charge in [0.1, 0.15) is 6.29 Å². The number of aldehydes is 1. The van der Waals surface area contributed by atoms with Crippen LogP contribution >= 0.6 is 0 Å². The molecule has 1 heterocycles. The number of amides is 1. The van der Waals surface area contributed by atoms with E-state index in [2.05, 4.69) is 10.6 Å². The number of unbranched alkanes of at least 4 members (excludes halogenated alkanes) is 3. The molecule has 1 aliphatic heterocycles. The van der Waals surface area contributed by atoms with Crippen molar-refractivity contribution in [1.29, 1.82) is 0 Å². The number of rotatable bonds is 7. The van der Waals surface area contributed by atoms with E-state index in [0.29, 0.717) is 6.42 Å². The van der Waals surface area contributed by atoms with Gasteiger partial charge in [-0.1, -0.05) is 6.42 Å². The number of hydrogen-bond donors (Lipinski definition) is 2. The standard InChI is InChI=1S/C11H20N2O2/c14-9-4-2-1-3-7-13-11(15)10-6-5-8-12-10/h9-10,12H,1-8H2,(H,13,15)/t10-/m1/s1. The maximum Gasteiger partial charge on any atom is 0.237 e. The zero-order chi connectivity index (χ0) is 10.9. The van der Waals surface area contributed by atoms with Crippen LogP contribution in [0, 0.1) is 0 Å². The van der Waals surface area contributed by atoms with E-state index < -0.39 is 0 Å².